The zero-order valence-electron chi connectivity index (χ0n) is 15.1. The Labute approximate surface area is 165 Å². The van der Waals surface area contributed by atoms with Gasteiger partial charge >= 0.3 is 0 Å². The van der Waals surface area contributed by atoms with Gasteiger partial charge in [-0.05, 0) is 49.1 Å². The predicted molar refractivity (Wildman–Crippen MR) is 108 cm³/mol. The van der Waals surface area contributed by atoms with Gasteiger partial charge in [0.25, 0.3) is 15.9 Å². The summed E-state index contributed by atoms with van der Waals surface area (Å²) in [6.45, 7) is 2.14. The molecule has 0 aromatic heterocycles. The number of carbonyl (C=O) groups excluding carboxylic acids is 1. The zero-order chi connectivity index (χ0) is 19.4. The fourth-order valence-electron chi connectivity index (χ4n) is 3.33. The molecule has 2 N–H and O–H groups in total. The molecule has 0 aliphatic heterocycles. The van der Waals surface area contributed by atoms with Gasteiger partial charge in [0.2, 0.25) is 0 Å². The van der Waals surface area contributed by atoms with Crippen LogP contribution in [-0.4, -0.2) is 20.4 Å². The van der Waals surface area contributed by atoms with Crippen LogP contribution < -0.4 is 10.0 Å². The molecule has 1 aliphatic carbocycles. The normalized spacial score (nSPS) is 20.1. The van der Waals surface area contributed by atoms with Crippen LogP contribution >= 0.6 is 11.6 Å². The summed E-state index contributed by atoms with van der Waals surface area (Å²) in [6, 6.07) is 12.8. The second kappa shape index (κ2) is 8.31. The lowest BCUT2D eigenvalue weighted by Crippen LogP contribution is -2.41. The monoisotopic (exact) mass is 406 g/mol. The van der Waals surface area contributed by atoms with Crippen molar-refractivity contribution < 1.29 is 13.2 Å². The SMILES string of the molecule is C[C@H]1CCCC[C@H]1NC(=O)c1cccc(S(=O)(=O)Nc2ccccc2Cl)c1. The fraction of sp³-hybridized carbons (Fsp3) is 0.350. The van der Waals surface area contributed by atoms with Crippen molar-refractivity contribution in [1.82, 2.24) is 5.32 Å². The van der Waals surface area contributed by atoms with Crippen molar-refractivity contribution in [2.75, 3.05) is 4.72 Å². The van der Waals surface area contributed by atoms with Crippen LogP contribution in [0.3, 0.4) is 0 Å². The predicted octanol–water partition coefficient (Wildman–Crippen LogP) is 4.45. The minimum atomic E-state index is -3.85. The first kappa shape index (κ1) is 19.7. The van der Waals surface area contributed by atoms with E-state index in [-0.39, 0.29) is 16.8 Å². The molecular formula is C20H23ClN2O3S. The Morgan fingerprint density at radius 2 is 1.81 bits per heavy atom. The van der Waals surface area contributed by atoms with Crippen LogP contribution in [0.1, 0.15) is 43.0 Å². The molecule has 7 heteroatoms. The molecule has 0 saturated heterocycles. The molecule has 5 nitrogen and oxygen atoms in total. The molecule has 3 rings (SSSR count). The van der Waals surface area contributed by atoms with Crippen LogP contribution in [0, 0.1) is 5.92 Å². The first-order valence-electron chi connectivity index (χ1n) is 9.05. The lowest BCUT2D eigenvalue weighted by molar-refractivity contribution is 0.0910. The Bertz CT molecular complexity index is 930. The van der Waals surface area contributed by atoms with Crippen LogP contribution in [0.25, 0.3) is 0 Å². The van der Waals surface area contributed by atoms with E-state index in [0.29, 0.717) is 22.2 Å². The molecule has 27 heavy (non-hydrogen) atoms. The molecule has 1 saturated carbocycles. The van der Waals surface area contributed by atoms with Gasteiger partial charge in [0.1, 0.15) is 0 Å². The van der Waals surface area contributed by atoms with Crippen molar-refractivity contribution in [3.63, 3.8) is 0 Å². The number of hydrogen-bond acceptors (Lipinski definition) is 3. The van der Waals surface area contributed by atoms with Crippen molar-refractivity contribution in [2.45, 2.75) is 43.5 Å². The molecule has 0 bridgehead atoms. The van der Waals surface area contributed by atoms with Crippen molar-refractivity contribution in [1.29, 1.82) is 0 Å². The van der Waals surface area contributed by atoms with Crippen molar-refractivity contribution in [2.24, 2.45) is 5.92 Å². The van der Waals surface area contributed by atoms with Crippen LogP contribution in [0.2, 0.25) is 5.02 Å². The maximum Gasteiger partial charge on any atom is 0.261 e. The minimum absolute atomic E-state index is 0.0202. The highest BCUT2D eigenvalue weighted by Gasteiger charge is 2.24. The Kier molecular flexibility index (Phi) is 6.07. The Morgan fingerprint density at radius 1 is 1.07 bits per heavy atom. The molecular weight excluding hydrogens is 384 g/mol. The van der Waals surface area contributed by atoms with Crippen LogP contribution in [0.5, 0.6) is 0 Å². The van der Waals surface area contributed by atoms with E-state index in [9.17, 15) is 13.2 Å². The van der Waals surface area contributed by atoms with Gasteiger partial charge in [-0.15, -0.1) is 0 Å². The third kappa shape index (κ3) is 4.82. The van der Waals surface area contributed by atoms with E-state index in [1.165, 1.54) is 18.6 Å². The smallest absolute Gasteiger partial charge is 0.261 e. The van der Waals surface area contributed by atoms with Gasteiger partial charge in [0, 0.05) is 11.6 Å². The van der Waals surface area contributed by atoms with Crippen LogP contribution in [0.4, 0.5) is 5.69 Å². The molecule has 144 valence electrons. The van der Waals surface area contributed by atoms with E-state index in [4.69, 9.17) is 11.6 Å². The molecule has 1 amide bonds. The number of halogens is 1. The molecule has 0 unspecified atom stereocenters. The van der Waals surface area contributed by atoms with Gasteiger partial charge in [-0.3, -0.25) is 9.52 Å². The highest BCUT2D eigenvalue weighted by molar-refractivity contribution is 7.92. The topological polar surface area (TPSA) is 75.3 Å². The van der Waals surface area contributed by atoms with E-state index in [0.717, 1.165) is 19.3 Å². The summed E-state index contributed by atoms with van der Waals surface area (Å²) in [5.41, 5.74) is 0.625. The van der Waals surface area contributed by atoms with Crippen LogP contribution in [0.15, 0.2) is 53.4 Å². The van der Waals surface area contributed by atoms with Gasteiger partial charge in [0.05, 0.1) is 15.6 Å². The Morgan fingerprint density at radius 3 is 2.56 bits per heavy atom. The number of nitrogens with one attached hydrogen (secondary N) is 2. The van der Waals surface area contributed by atoms with Crippen molar-refractivity contribution in [3.05, 3.63) is 59.1 Å². The van der Waals surface area contributed by atoms with Gasteiger partial charge in [-0.1, -0.05) is 49.6 Å². The number of sulfonamides is 1. The van der Waals surface area contributed by atoms with E-state index in [2.05, 4.69) is 17.0 Å². The minimum Gasteiger partial charge on any atom is -0.349 e. The van der Waals surface area contributed by atoms with E-state index in [1.807, 2.05) is 0 Å². The molecule has 1 aliphatic rings. The number of amides is 1. The molecule has 1 fully saturated rings. The van der Waals surface area contributed by atoms with Crippen molar-refractivity contribution in [3.8, 4) is 0 Å². The highest BCUT2D eigenvalue weighted by atomic mass is 35.5. The lowest BCUT2D eigenvalue weighted by atomic mass is 9.86. The summed E-state index contributed by atoms with van der Waals surface area (Å²) in [5.74, 6) is 0.181. The molecule has 0 spiro atoms. The number of carbonyl (C=O) groups is 1. The summed E-state index contributed by atoms with van der Waals surface area (Å²) in [4.78, 5) is 12.6. The van der Waals surface area contributed by atoms with Gasteiger partial charge in [-0.2, -0.15) is 0 Å². The number of rotatable bonds is 5. The van der Waals surface area contributed by atoms with Crippen molar-refractivity contribution >= 4 is 33.2 Å². The van der Waals surface area contributed by atoms with E-state index in [1.54, 1.807) is 36.4 Å². The van der Waals surface area contributed by atoms with E-state index < -0.39 is 10.0 Å². The van der Waals surface area contributed by atoms with E-state index >= 15 is 0 Å². The average Bonchev–Trinajstić information content (AvgIpc) is 2.65. The lowest BCUT2D eigenvalue weighted by Gasteiger charge is -2.29. The van der Waals surface area contributed by atoms with Gasteiger partial charge in [0.15, 0.2) is 0 Å². The summed E-state index contributed by atoms with van der Waals surface area (Å²) in [6.07, 6.45) is 4.35. The fourth-order valence-corrected chi connectivity index (χ4v) is 4.70. The van der Waals surface area contributed by atoms with Gasteiger partial charge < -0.3 is 5.32 Å². The summed E-state index contributed by atoms with van der Waals surface area (Å²) in [7, 11) is -3.85. The standard InChI is InChI=1S/C20H23ClN2O3S/c1-14-7-2-4-11-18(14)22-20(24)15-8-6-9-16(13-15)27(25,26)23-19-12-5-3-10-17(19)21/h3,5-6,8-10,12-14,18,23H,2,4,7,11H2,1H3,(H,22,24)/t14-,18+/m0/s1. The molecule has 2 aromatic rings. The maximum absolute atomic E-state index is 12.7. The average molecular weight is 407 g/mol. The number of hydrogen-bond donors (Lipinski definition) is 2. The second-order valence-electron chi connectivity index (χ2n) is 6.95. The van der Waals surface area contributed by atoms with Gasteiger partial charge in [-0.25, -0.2) is 8.42 Å². The summed E-state index contributed by atoms with van der Waals surface area (Å²) in [5, 5.41) is 3.35. The number of benzene rings is 2. The third-order valence-corrected chi connectivity index (χ3v) is 6.65. The molecule has 2 atom stereocenters. The Balaban J connectivity index is 1.78. The first-order chi connectivity index (χ1) is 12.9. The summed E-state index contributed by atoms with van der Waals surface area (Å²) < 4.78 is 27.8. The highest BCUT2D eigenvalue weighted by Crippen LogP contribution is 2.25. The maximum atomic E-state index is 12.7. The first-order valence-corrected chi connectivity index (χ1v) is 10.9. The summed E-state index contributed by atoms with van der Waals surface area (Å²) >= 11 is 6.03. The number of anilines is 1. The second-order valence-corrected chi connectivity index (χ2v) is 9.04. The largest absolute Gasteiger partial charge is 0.349 e. The molecule has 2 aromatic carbocycles. The quantitative estimate of drug-likeness (QED) is 0.770. The Hall–Kier alpha value is -2.05. The van der Waals surface area contributed by atoms with Crippen LogP contribution in [-0.2, 0) is 10.0 Å². The molecule has 0 heterocycles. The third-order valence-electron chi connectivity index (χ3n) is 4.95. The zero-order valence-corrected chi connectivity index (χ0v) is 16.7. The number of para-hydroxylation sites is 1. The molecule has 0 radical (unpaired) electrons.